The molecule has 0 aliphatic rings. The molecule has 6 heteroatoms. The summed E-state index contributed by atoms with van der Waals surface area (Å²) in [6.07, 6.45) is 78.1. The van der Waals surface area contributed by atoms with Crippen LogP contribution in [0.15, 0.2) is 12.2 Å². The van der Waals surface area contributed by atoms with Crippen molar-refractivity contribution in [3.63, 3.8) is 0 Å². The van der Waals surface area contributed by atoms with E-state index in [9.17, 15) is 19.8 Å². The first-order valence-electron chi connectivity index (χ1n) is 33.9. The van der Waals surface area contributed by atoms with Crippen molar-refractivity contribution < 1.29 is 24.5 Å². The molecule has 0 bridgehead atoms. The van der Waals surface area contributed by atoms with Crippen molar-refractivity contribution in [3.8, 4) is 0 Å². The van der Waals surface area contributed by atoms with Crippen LogP contribution in [0.3, 0.4) is 0 Å². The molecule has 0 fully saturated rings. The summed E-state index contributed by atoms with van der Waals surface area (Å²) in [7, 11) is 0. The van der Waals surface area contributed by atoms with E-state index >= 15 is 0 Å². The van der Waals surface area contributed by atoms with E-state index in [4.69, 9.17) is 4.74 Å². The molecule has 3 N–H and O–H groups in total. The number of hydrogen-bond acceptors (Lipinski definition) is 5. The number of ether oxygens (including phenoxy) is 1. The molecule has 74 heavy (non-hydrogen) atoms. The van der Waals surface area contributed by atoms with Crippen molar-refractivity contribution in [1.82, 2.24) is 5.32 Å². The van der Waals surface area contributed by atoms with Gasteiger partial charge in [0.15, 0.2) is 0 Å². The molecule has 0 aliphatic heterocycles. The van der Waals surface area contributed by atoms with Gasteiger partial charge in [0.25, 0.3) is 0 Å². The highest BCUT2D eigenvalue weighted by Gasteiger charge is 2.20. The number of allylic oxidation sites excluding steroid dienone is 2. The lowest BCUT2D eigenvalue weighted by Crippen LogP contribution is -2.45. The molecule has 6 nitrogen and oxygen atoms in total. The smallest absolute Gasteiger partial charge is 0.305 e. The van der Waals surface area contributed by atoms with Gasteiger partial charge < -0.3 is 20.3 Å². The topological polar surface area (TPSA) is 95.9 Å². The van der Waals surface area contributed by atoms with Gasteiger partial charge in [-0.3, -0.25) is 9.59 Å². The van der Waals surface area contributed by atoms with Crippen LogP contribution in [0.2, 0.25) is 0 Å². The standard InChI is InChI=1S/C68H133NO5/c1-3-5-7-9-11-13-15-17-18-19-27-30-33-37-40-44-48-52-56-60-66(71)65(64-70)69-67(72)61-57-53-49-45-41-38-34-31-28-25-23-21-20-22-24-26-29-32-35-39-43-47-51-55-59-63-74-68(73)62-58-54-50-46-42-36-16-14-12-10-8-6-4-2/h21,23,65-66,70-71H,3-20,22,24-64H2,1-2H3,(H,69,72)/b23-21-. The quantitative estimate of drug-likeness (QED) is 0.0320. The Kier molecular flexibility index (Phi) is 62.9. The fourth-order valence-corrected chi connectivity index (χ4v) is 10.9. The highest BCUT2D eigenvalue weighted by Crippen LogP contribution is 2.19. The lowest BCUT2D eigenvalue weighted by atomic mass is 10.0. The van der Waals surface area contributed by atoms with Crippen molar-refractivity contribution in [2.24, 2.45) is 0 Å². The number of unbranched alkanes of at least 4 members (excludes halogenated alkanes) is 51. The fourth-order valence-electron chi connectivity index (χ4n) is 10.9. The fraction of sp³-hybridized carbons (Fsp3) is 0.941. The van der Waals surface area contributed by atoms with Crippen LogP contribution < -0.4 is 5.32 Å². The number of rotatable bonds is 64. The number of amides is 1. The lowest BCUT2D eigenvalue weighted by Gasteiger charge is -2.22. The van der Waals surface area contributed by atoms with Gasteiger partial charge in [0, 0.05) is 12.8 Å². The Morgan fingerprint density at radius 1 is 0.365 bits per heavy atom. The molecule has 0 aliphatic carbocycles. The van der Waals surface area contributed by atoms with Crippen LogP contribution in [-0.2, 0) is 14.3 Å². The summed E-state index contributed by atoms with van der Waals surface area (Å²) in [4.78, 5) is 24.6. The van der Waals surface area contributed by atoms with Gasteiger partial charge in [0.2, 0.25) is 5.91 Å². The summed E-state index contributed by atoms with van der Waals surface area (Å²) in [5, 5.41) is 23.4. The number of aliphatic hydroxyl groups is 2. The third kappa shape index (κ3) is 59.8. The van der Waals surface area contributed by atoms with E-state index in [0.717, 1.165) is 38.5 Å². The molecule has 2 unspecified atom stereocenters. The minimum atomic E-state index is -0.666. The molecule has 0 aromatic rings. The molecular weight excluding hydrogens is 911 g/mol. The highest BCUT2D eigenvalue weighted by atomic mass is 16.5. The number of carbonyl (C=O) groups is 2. The van der Waals surface area contributed by atoms with E-state index in [1.807, 2.05) is 0 Å². The Balaban J connectivity index is 3.39. The Morgan fingerprint density at radius 3 is 0.959 bits per heavy atom. The minimum absolute atomic E-state index is 0.0160. The van der Waals surface area contributed by atoms with Gasteiger partial charge in [-0.25, -0.2) is 0 Å². The highest BCUT2D eigenvalue weighted by molar-refractivity contribution is 5.76. The molecule has 0 aromatic heterocycles. The second-order valence-electron chi connectivity index (χ2n) is 23.5. The molecular formula is C68H133NO5. The first-order valence-corrected chi connectivity index (χ1v) is 33.9. The maximum atomic E-state index is 12.5. The average Bonchev–Trinajstić information content (AvgIpc) is 3.40. The molecule has 0 rings (SSSR count). The maximum Gasteiger partial charge on any atom is 0.305 e. The molecule has 0 radical (unpaired) electrons. The second kappa shape index (κ2) is 64.1. The van der Waals surface area contributed by atoms with Crippen LogP contribution in [0.1, 0.15) is 386 Å². The average molecular weight is 1040 g/mol. The Bertz CT molecular complexity index is 1110. The van der Waals surface area contributed by atoms with Crippen molar-refractivity contribution in [2.75, 3.05) is 13.2 Å². The lowest BCUT2D eigenvalue weighted by molar-refractivity contribution is -0.143. The summed E-state index contributed by atoms with van der Waals surface area (Å²) in [5.41, 5.74) is 0. The SMILES string of the molecule is CCCCCCCCCCCCCCCCCCCCCC(O)C(CO)NC(=O)CCCCCCCCCCC/C=C\CCCCCCCCCCCCCCOC(=O)CCCCCCCCCCCCCCC. The normalized spacial score (nSPS) is 12.5. The molecule has 1 amide bonds. The van der Waals surface area contributed by atoms with Gasteiger partial charge in [-0.2, -0.15) is 0 Å². The zero-order valence-corrected chi connectivity index (χ0v) is 50.4. The molecule has 2 atom stereocenters. The first-order chi connectivity index (χ1) is 36.5. The molecule has 440 valence electrons. The van der Waals surface area contributed by atoms with E-state index in [0.29, 0.717) is 25.9 Å². The van der Waals surface area contributed by atoms with Gasteiger partial charge in [-0.05, 0) is 51.4 Å². The number of esters is 1. The largest absolute Gasteiger partial charge is 0.466 e. The maximum absolute atomic E-state index is 12.5. The van der Waals surface area contributed by atoms with Crippen LogP contribution >= 0.6 is 0 Å². The molecule has 0 saturated heterocycles. The van der Waals surface area contributed by atoms with Crippen molar-refractivity contribution in [3.05, 3.63) is 12.2 Å². The van der Waals surface area contributed by atoms with Crippen LogP contribution in [0, 0.1) is 0 Å². The second-order valence-corrected chi connectivity index (χ2v) is 23.5. The minimum Gasteiger partial charge on any atom is -0.466 e. The predicted octanol–water partition coefficient (Wildman–Crippen LogP) is 21.6. The monoisotopic (exact) mass is 1040 g/mol. The van der Waals surface area contributed by atoms with Crippen LogP contribution in [0.4, 0.5) is 0 Å². The first kappa shape index (κ1) is 72.6. The van der Waals surface area contributed by atoms with Crippen LogP contribution in [0.5, 0.6) is 0 Å². The summed E-state index contributed by atoms with van der Waals surface area (Å²) >= 11 is 0. The molecule has 0 saturated carbocycles. The third-order valence-electron chi connectivity index (χ3n) is 16.1. The summed E-state index contributed by atoms with van der Waals surface area (Å²) < 4.78 is 5.48. The van der Waals surface area contributed by atoms with Gasteiger partial charge in [-0.15, -0.1) is 0 Å². The molecule has 0 spiro atoms. The predicted molar refractivity (Wildman–Crippen MR) is 324 cm³/mol. The number of nitrogens with one attached hydrogen (secondary N) is 1. The number of carbonyl (C=O) groups excluding carboxylic acids is 2. The Labute approximate surface area is 463 Å². The van der Waals surface area contributed by atoms with Crippen LogP contribution in [-0.4, -0.2) is 47.4 Å². The summed E-state index contributed by atoms with van der Waals surface area (Å²) in [5.74, 6) is -0.0179. The summed E-state index contributed by atoms with van der Waals surface area (Å²) in [6, 6.07) is -0.544. The van der Waals surface area contributed by atoms with Gasteiger partial charge >= 0.3 is 5.97 Å². The third-order valence-corrected chi connectivity index (χ3v) is 16.1. The summed E-state index contributed by atoms with van der Waals surface area (Å²) in [6.45, 7) is 4.99. The van der Waals surface area contributed by atoms with Gasteiger partial charge in [0.05, 0.1) is 25.4 Å². The van der Waals surface area contributed by atoms with E-state index in [1.54, 1.807) is 0 Å². The van der Waals surface area contributed by atoms with Gasteiger partial charge in [-0.1, -0.05) is 334 Å². The van der Waals surface area contributed by atoms with E-state index in [2.05, 4.69) is 31.3 Å². The van der Waals surface area contributed by atoms with Crippen molar-refractivity contribution in [2.45, 2.75) is 398 Å². The van der Waals surface area contributed by atoms with E-state index < -0.39 is 12.1 Å². The van der Waals surface area contributed by atoms with E-state index in [1.165, 1.54) is 315 Å². The zero-order valence-electron chi connectivity index (χ0n) is 50.4. The van der Waals surface area contributed by atoms with E-state index in [-0.39, 0.29) is 18.5 Å². The van der Waals surface area contributed by atoms with Crippen molar-refractivity contribution >= 4 is 11.9 Å². The molecule has 0 heterocycles. The zero-order chi connectivity index (χ0) is 53.6. The molecule has 0 aromatic carbocycles. The number of hydrogen-bond donors (Lipinski definition) is 3. The van der Waals surface area contributed by atoms with Gasteiger partial charge in [0.1, 0.15) is 0 Å². The Morgan fingerprint density at radius 2 is 0.635 bits per heavy atom. The number of aliphatic hydroxyl groups excluding tert-OH is 2. The Hall–Kier alpha value is -1.40. The van der Waals surface area contributed by atoms with Crippen molar-refractivity contribution in [1.29, 1.82) is 0 Å². The van der Waals surface area contributed by atoms with Crippen LogP contribution in [0.25, 0.3) is 0 Å².